The summed E-state index contributed by atoms with van der Waals surface area (Å²) >= 11 is 1.61. The molecule has 2 aromatic carbocycles. The van der Waals surface area contributed by atoms with Crippen LogP contribution in [-0.4, -0.2) is 41.3 Å². The minimum Gasteiger partial charge on any atom is -0.378 e. The summed E-state index contributed by atoms with van der Waals surface area (Å²) in [5, 5.41) is 4.84. The van der Waals surface area contributed by atoms with E-state index in [1.807, 2.05) is 30.3 Å². The molecule has 0 unspecified atom stereocenters. The van der Waals surface area contributed by atoms with Crippen LogP contribution in [0.5, 0.6) is 0 Å². The van der Waals surface area contributed by atoms with Gasteiger partial charge in [-0.2, -0.15) is 0 Å². The second-order valence-electron chi connectivity index (χ2n) is 6.65. The molecule has 0 amide bonds. The van der Waals surface area contributed by atoms with Crippen LogP contribution in [0, 0.1) is 0 Å². The lowest BCUT2D eigenvalue weighted by molar-refractivity contribution is 0.122. The van der Waals surface area contributed by atoms with Crippen LogP contribution in [-0.2, 0) is 4.74 Å². The lowest BCUT2D eigenvalue weighted by Gasteiger charge is -2.25. The fourth-order valence-electron chi connectivity index (χ4n) is 3.30. The van der Waals surface area contributed by atoms with Gasteiger partial charge in [-0.05, 0) is 30.3 Å². The average molecular weight is 413 g/mol. The van der Waals surface area contributed by atoms with Gasteiger partial charge >= 0.3 is 0 Å². The second kappa shape index (κ2) is 7.49. The number of anilines is 3. The molecule has 0 saturated carbocycles. The zero-order chi connectivity index (χ0) is 19.8. The van der Waals surface area contributed by atoms with E-state index in [1.165, 1.54) is 0 Å². The van der Waals surface area contributed by atoms with Gasteiger partial charge in [-0.25, -0.2) is 23.7 Å². The molecule has 5 rings (SSSR count). The first-order valence-corrected chi connectivity index (χ1v) is 10.0. The van der Waals surface area contributed by atoms with E-state index >= 15 is 0 Å². The topological polar surface area (TPSA) is 63.2 Å². The lowest BCUT2D eigenvalue weighted by Crippen LogP contribution is -2.36. The summed E-state index contributed by atoms with van der Waals surface area (Å²) in [7, 11) is 0. The van der Waals surface area contributed by atoms with E-state index in [-0.39, 0.29) is 0 Å². The number of thiazole rings is 1. The number of benzene rings is 2. The predicted molar refractivity (Wildman–Crippen MR) is 110 cm³/mol. The summed E-state index contributed by atoms with van der Waals surface area (Å²) in [4.78, 5) is 14.9. The minimum atomic E-state index is -2.74. The number of para-hydroxylation sites is 1. The van der Waals surface area contributed by atoms with Gasteiger partial charge in [0, 0.05) is 24.2 Å². The fraction of sp³-hybridized carbons (Fsp3) is 0.250. The molecule has 6 nitrogen and oxygen atoms in total. The molecular formula is C20H17F2N5OS. The summed E-state index contributed by atoms with van der Waals surface area (Å²) < 4.78 is 32.9. The standard InChI is InChI=1S/C20H17F2N5OS/c21-17(22)19-24-14-4-2-1-3-13(14)18(26-19)23-12-5-6-15-16(11-12)29-20(25-15)27-7-9-28-10-8-27/h1-6,11,17H,7-10H2,(H,23,24,26). The molecule has 1 aliphatic rings. The van der Waals surface area contributed by atoms with Crippen molar-refractivity contribution in [1.29, 1.82) is 0 Å². The van der Waals surface area contributed by atoms with Crippen molar-refractivity contribution in [2.24, 2.45) is 0 Å². The highest BCUT2D eigenvalue weighted by atomic mass is 32.1. The number of fused-ring (bicyclic) bond motifs is 2. The Morgan fingerprint density at radius 2 is 1.83 bits per heavy atom. The monoisotopic (exact) mass is 413 g/mol. The highest BCUT2D eigenvalue weighted by Gasteiger charge is 2.17. The maximum absolute atomic E-state index is 13.2. The molecule has 0 aliphatic carbocycles. The van der Waals surface area contributed by atoms with Gasteiger partial charge in [-0.3, -0.25) is 0 Å². The van der Waals surface area contributed by atoms with Crippen molar-refractivity contribution >= 4 is 49.1 Å². The van der Waals surface area contributed by atoms with E-state index in [0.29, 0.717) is 29.9 Å². The Kier molecular flexibility index (Phi) is 4.69. The largest absolute Gasteiger partial charge is 0.378 e. The number of alkyl halides is 2. The molecular weight excluding hydrogens is 396 g/mol. The Bertz CT molecular complexity index is 1180. The number of nitrogens with zero attached hydrogens (tertiary/aromatic N) is 4. The quantitative estimate of drug-likeness (QED) is 0.521. The van der Waals surface area contributed by atoms with E-state index in [4.69, 9.17) is 9.72 Å². The van der Waals surface area contributed by atoms with Crippen LogP contribution >= 0.6 is 11.3 Å². The third-order valence-electron chi connectivity index (χ3n) is 4.74. The average Bonchev–Trinajstić information content (AvgIpc) is 3.18. The Morgan fingerprint density at radius 3 is 2.66 bits per heavy atom. The summed E-state index contributed by atoms with van der Waals surface area (Å²) in [6, 6.07) is 12.9. The van der Waals surface area contributed by atoms with Gasteiger partial charge in [-0.1, -0.05) is 23.5 Å². The Hall–Kier alpha value is -2.91. The lowest BCUT2D eigenvalue weighted by atomic mass is 10.2. The molecule has 0 bridgehead atoms. The molecule has 1 fully saturated rings. The van der Waals surface area contributed by atoms with Crippen LogP contribution in [0.25, 0.3) is 21.1 Å². The number of morpholine rings is 1. The molecule has 2 aromatic heterocycles. The maximum atomic E-state index is 13.2. The Morgan fingerprint density at radius 1 is 1.00 bits per heavy atom. The first kappa shape index (κ1) is 18.1. The zero-order valence-electron chi connectivity index (χ0n) is 15.3. The van der Waals surface area contributed by atoms with Crippen LogP contribution in [0.15, 0.2) is 42.5 Å². The first-order valence-electron chi connectivity index (χ1n) is 9.22. The molecule has 9 heteroatoms. The number of aromatic nitrogens is 3. The molecule has 1 aliphatic heterocycles. The smallest absolute Gasteiger partial charge is 0.297 e. The molecule has 29 heavy (non-hydrogen) atoms. The van der Waals surface area contributed by atoms with Gasteiger partial charge in [-0.15, -0.1) is 0 Å². The minimum absolute atomic E-state index is 0.364. The molecule has 3 heterocycles. The number of rotatable bonds is 4. The summed E-state index contributed by atoms with van der Waals surface area (Å²) in [5.41, 5.74) is 2.15. The van der Waals surface area contributed by atoms with Crippen molar-refractivity contribution in [3.05, 3.63) is 48.3 Å². The van der Waals surface area contributed by atoms with E-state index in [9.17, 15) is 8.78 Å². The molecule has 148 valence electrons. The predicted octanol–water partition coefficient (Wildman–Crippen LogP) is 4.76. The van der Waals surface area contributed by atoms with Crippen molar-refractivity contribution in [1.82, 2.24) is 15.0 Å². The highest BCUT2D eigenvalue weighted by molar-refractivity contribution is 7.22. The van der Waals surface area contributed by atoms with E-state index < -0.39 is 12.2 Å². The van der Waals surface area contributed by atoms with Crippen molar-refractivity contribution < 1.29 is 13.5 Å². The van der Waals surface area contributed by atoms with Crippen LogP contribution in [0.3, 0.4) is 0 Å². The normalized spacial score (nSPS) is 14.8. The molecule has 0 spiro atoms. The number of hydrogen-bond acceptors (Lipinski definition) is 7. The maximum Gasteiger partial charge on any atom is 0.297 e. The molecule has 1 saturated heterocycles. The van der Waals surface area contributed by atoms with Crippen LogP contribution in [0.1, 0.15) is 12.2 Å². The third-order valence-corrected chi connectivity index (χ3v) is 5.82. The highest BCUT2D eigenvalue weighted by Crippen LogP contribution is 2.33. The van der Waals surface area contributed by atoms with Gasteiger partial charge in [0.1, 0.15) is 5.82 Å². The fourth-order valence-corrected chi connectivity index (χ4v) is 4.36. The van der Waals surface area contributed by atoms with Crippen LogP contribution < -0.4 is 10.2 Å². The van der Waals surface area contributed by atoms with E-state index in [0.717, 1.165) is 34.1 Å². The molecule has 1 N–H and O–H groups in total. The molecule has 4 aromatic rings. The number of halogens is 2. The summed E-state index contributed by atoms with van der Waals surface area (Å²) in [6.07, 6.45) is -2.74. The van der Waals surface area contributed by atoms with Crippen molar-refractivity contribution in [3.63, 3.8) is 0 Å². The van der Waals surface area contributed by atoms with Crippen molar-refractivity contribution in [3.8, 4) is 0 Å². The SMILES string of the molecule is FC(F)c1nc(Nc2ccc3nc(N4CCOCC4)sc3c2)c2ccccc2n1. The van der Waals surface area contributed by atoms with E-state index in [1.54, 1.807) is 23.5 Å². The number of hydrogen-bond donors (Lipinski definition) is 1. The summed E-state index contributed by atoms with van der Waals surface area (Å²) in [6.45, 7) is 3.06. The van der Waals surface area contributed by atoms with Crippen molar-refractivity contribution in [2.75, 3.05) is 36.5 Å². The summed E-state index contributed by atoms with van der Waals surface area (Å²) in [5.74, 6) is -0.122. The molecule has 0 atom stereocenters. The van der Waals surface area contributed by atoms with Gasteiger partial charge < -0.3 is 15.0 Å². The Labute approximate surface area is 169 Å². The molecule has 0 radical (unpaired) electrons. The number of ether oxygens (including phenoxy) is 1. The van der Waals surface area contributed by atoms with Gasteiger partial charge in [0.05, 0.1) is 28.9 Å². The third kappa shape index (κ3) is 3.58. The van der Waals surface area contributed by atoms with E-state index in [2.05, 4.69) is 20.2 Å². The van der Waals surface area contributed by atoms with Gasteiger partial charge in [0.25, 0.3) is 6.43 Å². The van der Waals surface area contributed by atoms with Crippen molar-refractivity contribution in [2.45, 2.75) is 6.43 Å². The van der Waals surface area contributed by atoms with Crippen LogP contribution in [0.4, 0.5) is 25.4 Å². The Balaban J connectivity index is 1.50. The zero-order valence-corrected chi connectivity index (χ0v) is 16.1. The van der Waals surface area contributed by atoms with Gasteiger partial charge in [0.2, 0.25) is 0 Å². The van der Waals surface area contributed by atoms with Crippen LogP contribution in [0.2, 0.25) is 0 Å². The van der Waals surface area contributed by atoms with Gasteiger partial charge in [0.15, 0.2) is 11.0 Å². The first-order chi connectivity index (χ1) is 14.2. The second-order valence-corrected chi connectivity index (χ2v) is 7.66. The number of nitrogens with one attached hydrogen (secondary N) is 1.